The maximum absolute atomic E-state index is 13.1. The fourth-order valence-electron chi connectivity index (χ4n) is 1.93. The monoisotopic (exact) mass is 302 g/mol. The van der Waals surface area contributed by atoms with Crippen molar-refractivity contribution < 1.29 is 9.18 Å². The largest absolute Gasteiger partial charge is 0.382 e. The summed E-state index contributed by atoms with van der Waals surface area (Å²) in [5, 5.41) is 3.55. The van der Waals surface area contributed by atoms with E-state index in [9.17, 15) is 9.18 Å². The zero-order valence-electron chi connectivity index (χ0n) is 10.8. The van der Waals surface area contributed by atoms with Crippen LogP contribution in [0.25, 0.3) is 10.1 Å². The van der Waals surface area contributed by atoms with E-state index in [0.717, 1.165) is 15.0 Å². The molecule has 0 atom stereocenters. The van der Waals surface area contributed by atoms with Gasteiger partial charge >= 0.3 is 0 Å². The number of nitrogens with two attached hydrogens (primary N) is 1. The van der Waals surface area contributed by atoms with Crippen molar-refractivity contribution in [3.05, 3.63) is 53.0 Å². The summed E-state index contributed by atoms with van der Waals surface area (Å²) in [5.74, 6) is -0.569. The van der Waals surface area contributed by atoms with E-state index in [1.54, 1.807) is 6.07 Å². The Balaban J connectivity index is 1.74. The van der Waals surface area contributed by atoms with E-state index in [1.165, 1.54) is 35.9 Å². The Hall–Kier alpha value is -2.54. The predicted octanol–water partition coefficient (Wildman–Crippen LogP) is 2.34. The van der Waals surface area contributed by atoms with Gasteiger partial charge in [0, 0.05) is 22.0 Å². The topological polar surface area (TPSA) is 80.9 Å². The van der Waals surface area contributed by atoms with Gasteiger partial charge in [0.25, 0.3) is 5.91 Å². The van der Waals surface area contributed by atoms with E-state index in [1.807, 2.05) is 6.07 Å². The summed E-state index contributed by atoms with van der Waals surface area (Å²) in [5.41, 5.74) is 5.70. The summed E-state index contributed by atoms with van der Waals surface area (Å²) in [6.07, 6.45) is 2.83. The molecule has 0 spiro atoms. The zero-order chi connectivity index (χ0) is 14.8. The van der Waals surface area contributed by atoms with E-state index < -0.39 is 0 Å². The Bertz CT molecular complexity index is 818. The molecule has 0 saturated heterocycles. The van der Waals surface area contributed by atoms with Crippen LogP contribution in [0.15, 0.2) is 36.7 Å². The minimum Gasteiger partial charge on any atom is -0.382 e. The highest BCUT2D eigenvalue weighted by Crippen LogP contribution is 2.26. The molecule has 3 aromatic rings. The molecule has 0 unspecified atom stereocenters. The van der Waals surface area contributed by atoms with Crippen molar-refractivity contribution in [1.29, 1.82) is 0 Å². The minimum atomic E-state index is -0.385. The van der Waals surface area contributed by atoms with Crippen LogP contribution in [0, 0.1) is 5.82 Å². The van der Waals surface area contributed by atoms with Crippen LogP contribution in [0.4, 0.5) is 10.2 Å². The Labute approximate surface area is 123 Å². The number of nitrogen functional groups attached to an aromatic ring is 1. The number of hydrogen-bond donors (Lipinski definition) is 2. The average molecular weight is 302 g/mol. The maximum Gasteiger partial charge on any atom is 0.274 e. The zero-order valence-corrected chi connectivity index (χ0v) is 11.7. The molecule has 5 nitrogen and oxygen atoms in total. The van der Waals surface area contributed by atoms with Gasteiger partial charge in [-0.1, -0.05) is 0 Å². The fourth-order valence-corrected chi connectivity index (χ4v) is 2.92. The van der Waals surface area contributed by atoms with Gasteiger partial charge in [0.15, 0.2) is 11.5 Å². The number of carbonyl (C=O) groups is 1. The number of benzene rings is 1. The van der Waals surface area contributed by atoms with E-state index in [0.29, 0.717) is 6.54 Å². The average Bonchev–Trinajstić information content (AvgIpc) is 2.87. The second kappa shape index (κ2) is 5.45. The highest BCUT2D eigenvalue weighted by Gasteiger charge is 2.12. The van der Waals surface area contributed by atoms with Gasteiger partial charge in [0.05, 0.1) is 6.54 Å². The summed E-state index contributed by atoms with van der Waals surface area (Å²) < 4.78 is 14.1. The van der Waals surface area contributed by atoms with Crippen molar-refractivity contribution in [1.82, 2.24) is 15.3 Å². The first-order valence-corrected chi connectivity index (χ1v) is 6.98. The smallest absolute Gasteiger partial charge is 0.274 e. The van der Waals surface area contributed by atoms with Crippen LogP contribution in [0.1, 0.15) is 15.4 Å². The highest BCUT2D eigenvalue weighted by atomic mass is 32.1. The highest BCUT2D eigenvalue weighted by molar-refractivity contribution is 7.19. The van der Waals surface area contributed by atoms with Crippen molar-refractivity contribution in [2.45, 2.75) is 6.54 Å². The summed E-state index contributed by atoms with van der Waals surface area (Å²) in [7, 11) is 0. The lowest BCUT2D eigenvalue weighted by atomic mass is 10.2. The molecule has 0 bridgehead atoms. The molecule has 2 aromatic heterocycles. The molecular weight excluding hydrogens is 291 g/mol. The van der Waals surface area contributed by atoms with Crippen molar-refractivity contribution in [2.75, 3.05) is 5.73 Å². The number of anilines is 1. The number of fused-ring (bicyclic) bond motifs is 1. The molecule has 0 saturated carbocycles. The normalized spacial score (nSPS) is 10.7. The Morgan fingerprint density at radius 3 is 2.90 bits per heavy atom. The number of aromatic nitrogens is 2. The number of hydrogen-bond acceptors (Lipinski definition) is 5. The molecule has 0 radical (unpaired) electrons. The summed E-state index contributed by atoms with van der Waals surface area (Å²) >= 11 is 1.50. The second-order valence-electron chi connectivity index (χ2n) is 4.37. The van der Waals surface area contributed by atoms with Gasteiger partial charge in [-0.05, 0) is 29.7 Å². The Morgan fingerprint density at radius 2 is 2.10 bits per heavy atom. The van der Waals surface area contributed by atoms with Crippen LogP contribution in [-0.2, 0) is 6.54 Å². The van der Waals surface area contributed by atoms with Crippen molar-refractivity contribution in [3.8, 4) is 0 Å². The number of thiophene rings is 1. The standard InChI is InChI=1S/C14H11FN4OS/c15-9-1-2-11-8(5-9)6-10(21-11)7-19-14(20)12-13(16)18-4-3-17-12/h1-6H,7H2,(H2,16,18)(H,19,20). The van der Waals surface area contributed by atoms with Gasteiger partial charge < -0.3 is 11.1 Å². The van der Waals surface area contributed by atoms with Crippen LogP contribution in [0.2, 0.25) is 0 Å². The first-order chi connectivity index (χ1) is 10.1. The van der Waals surface area contributed by atoms with Crippen LogP contribution >= 0.6 is 11.3 Å². The third kappa shape index (κ3) is 2.82. The van der Waals surface area contributed by atoms with E-state index in [2.05, 4.69) is 15.3 Å². The number of halogens is 1. The number of nitrogens with one attached hydrogen (secondary N) is 1. The summed E-state index contributed by atoms with van der Waals surface area (Å²) in [6, 6.07) is 6.46. The van der Waals surface area contributed by atoms with Crippen LogP contribution < -0.4 is 11.1 Å². The minimum absolute atomic E-state index is 0.0911. The lowest BCUT2D eigenvalue weighted by Gasteiger charge is -2.04. The molecule has 1 amide bonds. The van der Waals surface area contributed by atoms with Crippen molar-refractivity contribution in [3.63, 3.8) is 0 Å². The molecule has 0 fully saturated rings. The van der Waals surface area contributed by atoms with Crippen LogP contribution in [-0.4, -0.2) is 15.9 Å². The lowest BCUT2D eigenvalue weighted by Crippen LogP contribution is -2.24. The van der Waals surface area contributed by atoms with E-state index >= 15 is 0 Å². The van der Waals surface area contributed by atoms with Gasteiger partial charge in [-0.15, -0.1) is 11.3 Å². The molecule has 0 aliphatic heterocycles. The van der Waals surface area contributed by atoms with Gasteiger partial charge in [-0.2, -0.15) is 0 Å². The predicted molar refractivity (Wildman–Crippen MR) is 79.4 cm³/mol. The summed E-state index contributed by atoms with van der Waals surface area (Å²) in [6.45, 7) is 0.329. The molecular formula is C14H11FN4OS. The lowest BCUT2D eigenvalue weighted by molar-refractivity contribution is 0.0947. The molecule has 0 aliphatic rings. The summed E-state index contributed by atoms with van der Waals surface area (Å²) in [4.78, 5) is 20.6. The van der Waals surface area contributed by atoms with Crippen LogP contribution in [0.5, 0.6) is 0 Å². The van der Waals surface area contributed by atoms with Gasteiger partial charge in [-0.3, -0.25) is 4.79 Å². The first kappa shape index (κ1) is 13.4. The number of nitrogens with zero attached hydrogens (tertiary/aromatic N) is 2. The fraction of sp³-hybridized carbons (Fsp3) is 0.0714. The van der Waals surface area contributed by atoms with Crippen LogP contribution in [0.3, 0.4) is 0 Å². The molecule has 3 N–H and O–H groups in total. The molecule has 106 valence electrons. The number of carbonyl (C=O) groups excluding carboxylic acids is 1. The number of rotatable bonds is 3. The second-order valence-corrected chi connectivity index (χ2v) is 5.54. The SMILES string of the molecule is Nc1nccnc1C(=O)NCc1cc2cc(F)ccc2s1. The van der Waals surface area contributed by atoms with E-state index in [-0.39, 0.29) is 23.2 Å². The molecule has 1 aromatic carbocycles. The molecule has 0 aliphatic carbocycles. The Kier molecular flexibility index (Phi) is 3.49. The first-order valence-electron chi connectivity index (χ1n) is 6.16. The van der Waals surface area contributed by atoms with Crippen molar-refractivity contribution >= 4 is 33.1 Å². The van der Waals surface area contributed by atoms with Gasteiger partial charge in [-0.25, -0.2) is 14.4 Å². The van der Waals surface area contributed by atoms with Crippen molar-refractivity contribution in [2.24, 2.45) is 0 Å². The number of amides is 1. The van der Waals surface area contributed by atoms with Gasteiger partial charge in [0.2, 0.25) is 0 Å². The third-order valence-corrected chi connectivity index (χ3v) is 4.01. The molecule has 2 heterocycles. The van der Waals surface area contributed by atoms with E-state index in [4.69, 9.17) is 5.73 Å². The molecule has 7 heteroatoms. The molecule has 21 heavy (non-hydrogen) atoms. The van der Waals surface area contributed by atoms with Gasteiger partial charge in [0.1, 0.15) is 5.82 Å². The third-order valence-electron chi connectivity index (χ3n) is 2.89. The molecule has 3 rings (SSSR count). The quantitative estimate of drug-likeness (QED) is 0.778. The Morgan fingerprint density at radius 1 is 1.29 bits per heavy atom. The maximum atomic E-state index is 13.1.